The van der Waals surface area contributed by atoms with E-state index in [4.69, 9.17) is 9.90 Å². The number of hydrogen-bond acceptors (Lipinski definition) is 7. The van der Waals surface area contributed by atoms with E-state index in [1.165, 1.54) is 13.1 Å². The van der Waals surface area contributed by atoms with Crippen LogP contribution in [0.1, 0.15) is 28.7 Å². The molecule has 37 heavy (non-hydrogen) atoms. The molecule has 3 N–H and O–H groups in total. The Morgan fingerprint density at radius 1 is 1.19 bits per heavy atom. The molecule has 1 aliphatic heterocycles. The van der Waals surface area contributed by atoms with Gasteiger partial charge in [0.1, 0.15) is 11.3 Å². The summed E-state index contributed by atoms with van der Waals surface area (Å²) >= 11 is 0. The quantitative estimate of drug-likeness (QED) is 0.335. The number of fused-ring (bicyclic) bond motifs is 1. The maximum Gasteiger partial charge on any atom is 0.490 e. The van der Waals surface area contributed by atoms with Gasteiger partial charge in [-0.3, -0.25) is 14.5 Å². The summed E-state index contributed by atoms with van der Waals surface area (Å²) in [6.07, 6.45) is -2.66. The highest BCUT2D eigenvalue weighted by atomic mass is 19.4. The van der Waals surface area contributed by atoms with E-state index in [9.17, 15) is 27.2 Å². The third kappa shape index (κ3) is 6.81. The van der Waals surface area contributed by atoms with Crippen molar-refractivity contribution in [3.8, 4) is 0 Å². The van der Waals surface area contributed by atoms with Gasteiger partial charge in [-0.1, -0.05) is 6.92 Å². The van der Waals surface area contributed by atoms with Crippen LogP contribution in [-0.2, 0) is 17.8 Å². The van der Waals surface area contributed by atoms with Crippen molar-refractivity contribution in [1.29, 1.82) is 0 Å². The lowest BCUT2D eigenvalue weighted by atomic mass is 10.2. The van der Waals surface area contributed by atoms with E-state index in [1.807, 2.05) is 17.9 Å². The van der Waals surface area contributed by atoms with Crippen molar-refractivity contribution in [2.45, 2.75) is 26.1 Å². The van der Waals surface area contributed by atoms with E-state index < -0.39 is 24.0 Å². The molecule has 3 aromatic heterocycles. The highest BCUT2D eigenvalue weighted by Crippen LogP contribution is 2.20. The molecular formula is C22H25F4N7O4. The minimum absolute atomic E-state index is 0.0634. The number of H-pyrrole nitrogens is 1. The van der Waals surface area contributed by atoms with Crippen molar-refractivity contribution in [1.82, 2.24) is 29.8 Å². The van der Waals surface area contributed by atoms with Gasteiger partial charge >= 0.3 is 12.1 Å². The van der Waals surface area contributed by atoms with Crippen LogP contribution in [0.3, 0.4) is 0 Å². The molecule has 1 amide bonds. The van der Waals surface area contributed by atoms with Gasteiger partial charge in [0.05, 0.1) is 11.4 Å². The SMILES string of the molecule is CCc1cn2nc(CN3CCN(c4ccc(C(=O)NC)nc4F)CC3)cc2[nH]c1=O.O=C(O)C(F)(F)F. The number of nitrogens with one attached hydrogen (secondary N) is 2. The van der Waals surface area contributed by atoms with Crippen molar-refractivity contribution in [3.63, 3.8) is 0 Å². The van der Waals surface area contributed by atoms with Gasteiger partial charge in [-0.2, -0.15) is 22.7 Å². The van der Waals surface area contributed by atoms with Gasteiger partial charge in [0.25, 0.3) is 11.5 Å². The standard InChI is InChI=1S/C20H24FN7O2.C2HF3O2/c1-3-13-11-28-17(24-19(13)29)10-14(25-28)12-26-6-8-27(9-7-26)16-5-4-15(20(30)22-2)23-18(16)21;3-2(4,5)1(6)7/h4-5,10-11H,3,6-9,12H2,1-2H3,(H,22,30)(H,24,29);(H,6,7). The number of hydrogen-bond donors (Lipinski definition) is 3. The molecule has 200 valence electrons. The predicted molar refractivity (Wildman–Crippen MR) is 124 cm³/mol. The van der Waals surface area contributed by atoms with Crippen LogP contribution in [0.25, 0.3) is 5.65 Å². The van der Waals surface area contributed by atoms with Crippen LogP contribution >= 0.6 is 0 Å². The van der Waals surface area contributed by atoms with Gasteiger partial charge in [-0.05, 0) is 18.6 Å². The van der Waals surface area contributed by atoms with Crippen LogP contribution in [0, 0.1) is 5.95 Å². The maximum atomic E-state index is 14.4. The molecule has 4 rings (SSSR count). The van der Waals surface area contributed by atoms with Gasteiger partial charge in [-0.25, -0.2) is 14.3 Å². The number of carboxylic acids is 1. The molecule has 0 spiro atoms. The van der Waals surface area contributed by atoms with Crippen LogP contribution in [0.2, 0.25) is 0 Å². The van der Waals surface area contributed by atoms with E-state index >= 15 is 0 Å². The Bertz CT molecular complexity index is 1330. The van der Waals surface area contributed by atoms with E-state index in [0.717, 1.165) is 18.8 Å². The van der Waals surface area contributed by atoms with E-state index in [1.54, 1.807) is 16.8 Å². The van der Waals surface area contributed by atoms with Crippen molar-refractivity contribution >= 4 is 23.2 Å². The monoisotopic (exact) mass is 527 g/mol. The lowest BCUT2D eigenvalue weighted by Crippen LogP contribution is -2.46. The molecule has 11 nitrogen and oxygen atoms in total. The maximum absolute atomic E-state index is 14.4. The van der Waals surface area contributed by atoms with E-state index in [0.29, 0.717) is 43.0 Å². The van der Waals surface area contributed by atoms with Crippen LogP contribution in [-0.4, -0.2) is 80.9 Å². The molecule has 0 aliphatic carbocycles. The number of piperazine rings is 1. The number of carboxylic acid groups (broad SMARTS) is 1. The highest BCUT2D eigenvalue weighted by Gasteiger charge is 2.38. The molecule has 0 unspecified atom stereocenters. The second-order valence-corrected chi connectivity index (χ2v) is 8.08. The van der Waals surface area contributed by atoms with Crippen LogP contribution in [0.15, 0.2) is 29.2 Å². The zero-order chi connectivity index (χ0) is 27.3. The molecule has 0 radical (unpaired) electrons. The van der Waals surface area contributed by atoms with Gasteiger partial charge in [-0.15, -0.1) is 0 Å². The smallest absolute Gasteiger partial charge is 0.475 e. The predicted octanol–water partition coefficient (Wildman–Crippen LogP) is 1.43. The number of aryl methyl sites for hydroxylation is 1. The first-order chi connectivity index (χ1) is 17.4. The second kappa shape index (κ2) is 11.4. The number of carbonyl (C=O) groups excluding carboxylic acids is 1. The third-order valence-corrected chi connectivity index (χ3v) is 5.61. The molecule has 0 saturated carbocycles. The molecule has 0 bridgehead atoms. The largest absolute Gasteiger partial charge is 0.490 e. The highest BCUT2D eigenvalue weighted by molar-refractivity contribution is 5.92. The van der Waals surface area contributed by atoms with Gasteiger partial charge in [0.2, 0.25) is 5.95 Å². The number of pyridine rings is 1. The van der Waals surface area contributed by atoms with Gasteiger partial charge < -0.3 is 20.3 Å². The number of amides is 1. The first-order valence-electron chi connectivity index (χ1n) is 11.2. The zero-order valence-electron chi connectivity index (χ0n) is 20.0. The number of anilines is 1. The van der Waals surface area contributed by atoms with Crippen molar-refractivity contribution < 1.29 is 32.3 Å². The number of carbonyl (C=O) groups is 2. The average Bonchev–Trinajstić information content (AvgIpc) is 3.24. The fourth-order valence-electron chi connectivity index (χ4n) is 3.66. The fourth-order valence-corrected chi connectivity index (χ4v) is 3.66. The summed E-state index contributed by atoms with van der Waals surface area (Å²) < 4.78 is 47.8. The van der Waals surface area contributed by atoms with E-state index in [2.05, 4.69) is 25.3 Å². The Morgan fingerprint density at radius 2 is 1.84 bits per heavy atom. The van der Waals surface area contributed by atoms with Crippen molar-refractivity contribution in [2.75, 3.05) is 38.1 Å². The average molecular weight is 527 g/mol. The lowest BCUT2D eigenvalue weighted by molar-refractivity contribution is -0.192. The van der Waals surface area contributed by atoms with Crippen LogP contribution < -0.4 is 15.8 Å². The summed E-state index contributed by atoms with van der Waals surface area (Å²) in [6, 6.07) is 5.02. The summed E-state index contributed by atoms with van der Waals surface area (Å²) in [6.45, 7) is 5.34. The first-order valence-corrected chi connectivity index (χ1v) is 11.2. The molecule has 3 aromatic rings. The summed E-state index contributed by atoms with van der Waals surface area (Å²) in [5, 5.41) is 14.1. The summed E-state index contributed by atoms with van der Waals surface area (Å²) in [5.74, 6) is -3.81. The van der Waals surface area contributed by atoms with Crippen LogP contribution in [0.5, 0.6) is 0 Å². The van der Waals surface area contributed by atoms with Gasteiger partial charge in [0.15, 0.2) is 0 Å². The molecule has 0 aromatic carbocycles. The molecule has 1 saturated heterocycles. The molecule has 1 aliphatic rings. The second-order valence-electron chi connectivity index (χ2n) is 8.08. The number of nitrogens with zero attached hydrogens (tertiary/aromatic N) is 5. The number of aromatic nitrogens is 4. The summed E-state index contributed by atoms with van der Waals surface area (Å²) in [4.78, 5) is 43.3. The lowest BCUT2D eigenvalue weighted by Gasteiger charge is -2.35. The number of aliphatic carboxylic acids is 1. The first kappa shape index (κ1) is 27.6. The topological polar surface area (TPSA) is 136 Å². The minimum atomic E-state index is -5.08. The molecule has 4 heterocycles. The third-order valence-electron chi connectivity index (χ3n) is 5.61. The van der Waals surface area contributed by atoms with Gasteiger partial charge in [0, 0.05) is 57.6 Å². The number of aromatic amines is 1. The Morgan fingerprint density at radius 3 is 2.38 bits per heavy atom. The summed E-state index contributed by atoms with van der Waals surface area (Å²) in [7, 11) is 1.48. The molecular weight excluding hydrogens is 502 g/mol. The Kier molecular flexibility index (Phi) is 8.47. The zero-order valence-corrected chi connectivity index (χ0v) is 20.0. The molecule has 0 atom stereocenters. The number of alkyl halides is 3. The van der Waals surface area contributed by atoms with E-state index in [-0.39, 0.29) is 11.3 Å². The Labute approximate surface area is 207 Å². The Balaban J connectivity index is 0.000000479. The summed E-state index contributed by atoms with van der Waals surface area (Å²) in [5.41, 5.74) is 2.63. The number of rotatable bonds is 5. The normalized spacial score (nSPS) is 14.3. The number of halogens is 4. The molecule has 1 fully saturated rings. The fraction of sp³-hybridized carbons (Fsp3) is 0.409. The Hall–Kier alpha value is -4.01. The van der Waals surface area contributed by atoms with Crippen molar-refractivity contribution in [2.24, 2.45) is 0 Å². The minimum Gasteiger partial charge on any atom is -0.475 e. The molecule has 15 heteroatoms. The van der Waals surface area contributed by atoms with Crippen LogP contribution in [0.4, 0.5) is 23.2 Å². The van der Waals surface area contributed by atoms with Crippen molar-refractivity contribution in [3.05, 3.63) is 57.6 Å².